The van der Waals surface area contributed by atoms with Gasteiger partial charge in [0.15, 0.2) is 0 Å². The van der Waals surface area contributed by atoms with Gasteiger partial charge >= 0.3 is 0 Å². The first kappa shape index (κ1) is 20.8. The van der Waals surface area contributed by atoms with Crippen LogP contribution < -0.4 is 9.46 Å². The molecule has 1 saturated heterocycles. The minimum atomic E-state index is -3.32. The zero-order valence-electron chi connectivity index (χ0n) is 16.7. The largest absolute Gasteiger partial charge is 0.493 e. The molecule has 0 radical (unpaired) electrons. The number of sulfonamides is 1. The Labute approximate surface area is 168 Å². The molecule has 2 aromatic rings. The molecule has 1 fully saturated rings. The zero-order valence-corrected chi connectivity index (χ0v) is 17.5. The number of benzene rings is 2. The van der Waals surface area contributed by atoms with Crippen LogP contribution in [0.4, 0.5) is 0 Å². The number of para-hydroxylation sites is 1. The fourth-order valence-corrected chi connectivity index (χ4v) is 4.43. The number of hydrogen-bond acceptors (Lipinski definition) is 4. The summed E-state index contributed by atoms with van der Waals surface area (Å²) in [7, 11) is -3.32. The van der Waals surface area contributed by atoms with Crippen LogP contribution in [-0.2, 0) is 14.8 Å². The van der Waals surface area contributed by atoms with Crippen LogP contribution in [0.15, 0.2) is 48.5 Å². The number of ether oxygens (including phenoxy) is 2. The van der Waals surface area contributed by atoms with Gasteiger partial charge in [-0.25, -0.2) is 13.1 Å². The van der Waals surface area contributed by atoms with Gasteiger partial charge in [-0.3, -0.25) is 0 Å². The van der Waals surface area contributed by atoms with Crippen molar-refractivity contribution in [3.8, 4) is 16.9 Å². The Morgan fingerprint density at radius 3 is 2.54 bits per heavy atom. The Bertz CT molecular complexity index is 878. The van der Waals surface area contributed by atoms with Crippen LogP contribution in [0.2, 0.25) is 0 Å². The predicted octanol–water partition coefficient (Wildman–Crippen LogP) is 3.95. The molecule has 0 saturated carbocycles. The van der Waals surface area contributed by atoms with E-state index < -0.39 is 15.3 Å². The third-order valence-electron chi connectivity index (χ3n) is 5.13. The van der Waals surface area contributed by atoms with Crippen molar-refractivity contribution in [2.24, 2.45) is 0 Å². The van der Waals surface area contributed by atoms with Crippen LogP contribution in [0, 0.1) is 0 Å². The molecular weight excluding hydrogens is 374 g/mol. The summed E-state index contributed by atoms with van der Waals surface area (Å²) >= 11 is 0. The van der Waals surface area contributed by atoms with Gasteiger partial charge in [-0.1, -0.05) is 42.5 Å². The fourth-order valence-electron chi connectivity index (χ4n) is 3.45. The first-order valence-corrected chi connectivity index (χ1v) is 11.4. The summed E-state index contributed by atoms with van der Waals surface area (Å²) in [6, 6.07) is 16.1. The summed E-state index contributed by atoms with van der Waals surface area (Å²) in [5.74, 6) is 0.861. The third kappa shape index (κ3) is 4.74. The molecule has 1 aliphatic rings. The third-order valence-corrected chi connectivity index (χ3v) is 7.00. The van der Waals surface area contributed by atoms with E-state index in [1.54, 1.807) is 13.8 Å². The minimum Gasteiger partial charge on any atom is -0.493 e. The van der Waals surface area contributed by atoms with Gasteiger partial charge < -0.3 is 9.47 Å². The van der Waals surface area contributed by atoms with Crippen molar-refractivity contribution in [3.05, 3.63) is 54.1 Å². The average molecular weight is 404 g/mol. The first-order valence-electron chi connectivity index (χ1n) is 9.83. The van der Waals surface area contributed by atoms with Crippen LogP contribution in [0.1, 0.15) is 38.7 Å². The molecule has 0 aliphatic carbocycles. The van der Waals surface area contributed by atoms with Crippen molar-refractivity contribution in [3.63, 3.8) is 0 Å². The summed E-state index contributed by atoms with van der Waals surface area (Å²) < 4.78 is 39.0. The lowest BCUT2D eigenvalue weighted by atomic mass is 9.88. The van der Waals surface area contributed by atoms with E-state index in [4.69, 9.17) is 9.47 Å². The molecule has 5 nitrogen and oxygen atoms in total. The van der Waals surface area contributed by atoms with Crippen molar-refractivity contribution < 1.29 is 17.9 Å². The van der Waals surface area contributed by atoms with Gasteiger partial charge in [-0.2, -0.15) is 0 Å². The molecule has 2 unspecified atom stereocenters. The Morgan fingerprint density at radius 2 is 1.86 bits per heavy atom. The summed E-state index contributed by atoms with van der Waals surface area (Å²) in [6.45, 7) is 7.07. The highest BCUT2D eigenvalue weighted by molar-refractivity contribution is 7.90. The van der Waals surface area contributed by atoms with Crippen LogP contribution in [0.25, 0.3) is 11.1 Å². The summed E-state index contributed by atoms with van der Waals surface area (Å²) in [5, 5.41) is -0.451. The second-order valence-corrected chi connectivity index (χ2v) is 9.61. The maximum Gasteiger partial charge on any atom is 0.214 e. The molecule has 3 rings (SSSR count). The topological polar surface area (TPSA) is 64.6 Å². The lowest BCUT2D eigenvalue weighted by Gasteiger charge is -2.33. The zero-order chi connectivity index (χ0) is 20.1. The molecule has 152 valence electrons. The maximum absolute atomic E-state index is 12.3. The van der Waals surface area contributed by atoms with Gasteiger partial charge in [0.05, 0.1) is 18.5 Å². The smallest absolute Gasteiger partial charge is 0.214 e. The lowest BCUT2D eigenvalue weighted by molar-refractivity contribution is 0.0653. The fraction of sp³-hybridized carbons (Fsp3) is 0.455. The van der Waals surface area contributed by atoms with Gasteiger partial charge in [0.1, 0.15) is 5.75 Å². The van der Waals surface area contributed by atoms with E-state index in [2.05, 4.69) is 29.0 Å². The highest BCUT2D eigenvalue weighted by Gasteiger charge is 2.31. The molecule has 28 heavy (non-hydrogen) atoms. The second-order valence-electron chi connectivity index (χ2n) is 7.34. The standard InChI is InChI=1S/C22H29NO4S/c1-4-27-22-8-6-5-7-19(22)17-9-11-18(12-10-17)20-15-26-14-13-21(20)23-28(24,25)16(2)3/h5-12,16,20-21,23H,4,13-15H2,1-3H3. The maximum atomic E-state index is 12.3. The molecular formula is C22H29NO4S. The van der Waals surface area contributed by atoms with E-state index in [-0.39, 0.29) is 12.0 Å². The highest BCUT2D eigenvalue weighted by Crippen LogP contribution is 2.33. The van der Waals surface area contributed by atoms with Crippen molar-refractivity contribution in [2.45, 2.75) is 44.4 Å². The Morgan fingerprint density at radius 1 is 1.14 bits per heavy atom. The molecule has 6 heteroatoms. The summed E-state index contributed by atoms with van der Waals surface area (Å²) in [6.07, 6.45) is 0.672. The van der Waals surface area contributed by atoms with Gasteiger partial charge in [0, 0.05) is 24.1 Å². The van der Waals surface area contributed by atoms with E-state index in [1.165, 1.54) is 0 Å². The molecule has 0 bridgehead atoms. The molecule has 2 atom stereocenters. The van der Waals surface area contributed by atoms with Crippen molar-refractivity contribution in [1.29, 1.82) is 0 Å². The molecule has 1 N–H and O–H groups in total. The SMILES string of the molecule is CCOc1ccccc1-c1ccc(C2COCCC2NS(=O)(=O)C(C)C)cc1. The van der Waals surface area contributed by atoms with Gasteiger partial charge in [0.25, 0.3) is 0 Å². The molecule has 0 amide bonds. The van der Waals surface area contributed by atoms with Crippen molar-refractivity contribution >= 4 is 10.0 Å². The van der Waals surface area contributed by atoms with Gasteiger partial charge in [-0.15, -0.1) is 0 Å². The number of nitrogens with one attached hydrogen (secondary N) is 1. The monoisotopic (exact) mass is 403 g/mol. The van der Waals surface area contributed by atoms with E-state index in [1.807, 2.05) is 31.2 Å². The average Bonchev–Trinajstić information content (AvgIpc) is 2.69. The second kappa shape index (κ2) is 9.07. The quantitative estimate of drug-likeness (QED) is 0.760. The van der Waals surface area contributed by atoms with Crippen LogP contribution in [0.5, 0.6) is 5.75 Å². The van der Waals surface area contributed by atoms with Gasteiger partial charge in [0.2, 0.25) is 10.0 Å². The molecule has 1 aliphatic heterocycles. The summed E-state index contributed by atoms with van der Waals surface area (Å²) in [4.78, 5) is 0. The number of rotatable bonds is 7. The van der Waals surface area contributed by atoms with E-state index in [0.717, 1.165) is 22.4 Å². The Hall–Kier alpha value is -1.89. The number of hydrogen-bond donors (Lipinski definition) is 1. The molecule has 0 spiro atoms. The van der Waals surface area contributed by atoms with E-state index >= 15 is 0 Å². The Kier molecular flexibility index (Phi) is 6.75. The minimum absolute atomic E-state index is 0.00143. The van der Waals surface area contributed by atoms with Crippen molar-refractivity contribution in [2.75, 3.05) is 19.8 Å². The van der Waals surface area contributed by atoms with E-state index in [0.29, 0.717) is 26.2 Å². The highest BCUT2D eigenvalue weighted by atomic mass is 32.2. The van der Waals surface area contributed by atoms with Crippen molar-refractivity contribution in [1.82, 2.24) is 4.72 Å². The Balaban J connectivity index is 1.83. The normalized spacial score (nSPS) is 20.3. The molecule has 2 aromatic carbocycles. The van der Waals surface area contributed by atoms with Crippen LogP contribution >= 0.6 is 0 Å². The molecule has 0 aromatic heterocycles. The van der Waals surface area contributed by atoms with Gasteiger partial charge in [-0.05, 0) is 44.4 Å². The lowest BCUT2D eigenvalue weighted by Crippen LogP contribution is -2.46. The van der Waals surface area contributed by atoms with Crippen LogP contribution in [-0.4, -0.2) is 39.5 Å². The summed E-state index contributed by atoms with van der Waals surface area (Å²) in [5.41, 5.74) is 3.20. The predicted molar refractivity (Wildman–Crippen MR) is 112 cm³/mol. The molecule has 1 heterocycles. The van der Waals surface area contributed by atoms with Crippen LogP contribution in [0.3, 0.4) is 0 Å². The first-order chi connectivity index (χ1) is 13.4. The van der Waals surface area contributed by atoms with E-state index in [9.17, 15) is 8.42 Å².